The Hall–Kier alpha value is -1.26. The minimum atomic E-state index is 0.335. The summed E-state index contributed by atoms with van der Waals surface area (Å²) in [6, 6.07) is 7.00. The number of benzene rings is 1. The molecule has 1 saturated heterocycles. The van der Waals surface area contributed by atoms with Crippen molar-refractivity contribution in [3.05, 3.63) is 23.8 Å². The Balaban J connectivity index is 1.73. The molecule has 0 aromatic heterocycles. The first-order valence-electron chi connectivity index (χ1n) is 7.88. The Morgan fingerprint density at radius 2 is 1.95 bits per heavy atom. The van der Waals surface area contributed by atoms with Gasteiger partial charge in [0.1, 0.15) is 11.5 Å². The maximum atomic E-state index is 5.82. The Morgan fingerprint density at radius 3 is 2.67 bits per heavy atom. The van der Waals surface area contributed by atoms with Gasteiger partial charge in [-0.2, -0.15) is 0 Å². The van der Waals surface area contributed by atoms with Gasteiger partial charge in [0.15, 0.2) is 0 Å². The van der Waals surface area contributed by atoms with E-state index in [0.29, 0.717) is 24.3 Å². The quantitative estimate of drug-likeness (QED) is 0.929. The second-order valence-electron chi connectivity index (χ2n) is 6.19. The van der Waals surface area contributed by atoms with Crippen LogP contribution in [0.15, 0.2) is 18.2 Å². The van der Waals surface area contributed by atoms with Gasteiger partial charge >= 0.3 is 0 Å². The predicted octanol–water partition coefficient (Wildman–Crippen LogP) is 3.06. The number of rotatable bonds is 3. The van der Waals surface area contributed by atoms with Crippen LogP contribution in [0.4, 0.5) is 0 Å². The number of ether oxygens (including phenoxy) is 3. The maximum Gasteiger partial charge on any atom is 0.127 e. The molecule has 2 heterocycles. The minimum Gasteiger partial charge on any atom is -0.497 e. The summed E-state index contributed by atoms with van der Waals surface area (Å²) < 4.78 is 16.9. The molecule has 3 rings (SSSR count). The highest BCUT2D eigenvalue weighted by molar-refractivity contribution is 5.43. The van der Waals surface area contributed by atoms with Crippen molar-refractivity contribution in [3.63, 3.8) is 0 Å². The first-order valence-corrected chi connectivity index (χ1v) is 7.88. The summed E-state index contributed by atoms with van der Waals surface area (Å²) in [5, 5.41) is 3.81. The lowest BCUT2D eigenvalue weighted by molar-refractivity contribution is -0.0441. The molecule has 2 aliphatic rings. The molecule has 0 spiro atoms. The fourth-order valence-electron chi connectivity index (χ4n) is 3.50. The van der Waals surface area contributed by atoms with Crippen LogP contribution in [0.5, 0.6) is 11.5 Å². The van der Waals surface area contributed by atoms with Crippen LogP contribution in [-0.4, -0.2) is 32.0 Å². The lowest BCUT2D eigenvalue weighted by atomic mass is 9.95. The van der Waals surface area contributed by atoms with Crippen molar-refractivity contribution >= 4 is 0 Å². The van der Waals surface area contributed by atoms with E-state index in [1.165, 1.54) is 5.56 Å². The van der Waals surface area contributed by atoms with E-state index in [4.69, 9.17) is 14.2 Å². The van der Waals surface area contributed by atoms with Gasteiger partial charge in [-0.05, 0) is 32.8 Å². The van der Waals surface area contributed by atoms with E-state index in [0.717, 1.165) is 37.4 Å². The SMILES string of the molecule is COc1ccc2c(c1)OCC[C@@H]2NC1C[C@H](C)O[C@@H](C)C1. The van der Waals surface area contributed by atoms with E-state index in [9.17, 15) is 0 Å². The van der Waals surface area contributed by atoms with Gasteiger partial charge in [-0.3, -0.25) is 0 Å². The molecule has 1 N–H and O–H groups in total. The fraction of sp³-hybridized carbons (Fsp3) is 0.647. The van der Waals surface area contributed by atoms with E-state index in [-0.39, 0.29) is 0 Å². The molecule has 1 fully saturated rings. The second-order valence-corrected chi connectivity index (χ2v) is 6.19. The van der Waals surface area contributed by atoms with Crippen molar-refractivity contribution in [2.24, 2.45) is 0 Å². The summed E-state index contributed by atoms with van der Waals surface area (Å²) in [5.41, 5.74) is 1.24. The standard InChI is InChI=1S/C17H25NO3/c1-11-8-13(9-12(2)21-11)18-16-6-7-20-17-10-14(19-3)4-5-15(16)17/h4-5,10-13,16,18H,6-9H2,1-3H3/t11-,12-,16-/m0/s1. The molecule has 1 aromatic rings. The summed E-state index contributed by atoms with van der Waals surface area (Å²) in [7, 11) is 1.69. The van der Waals surface area contributed by atoms with Crippen molar-refractivity contribution in [2.75, 3.05) is 13.7 Å². The highest BCUT2D eigenvalue weighted by Crippen LogP contribution is 2.36. The maximum absolute atomic E-state index is 5.82. The van der Waals surface area contributed by atoms with Crippen LogP contribution >= 0.6 is 0 Å². The lowest BCUT2D eigenvalue weighted by Gasteiger charge is -2.36. The minimum absolute atomic E-state index is 0.335. The van der Waals surface area contributed by atoms with Crippen molar-refractivity contribution in [3.8, 4) is 11.5 Å². The molecule has 0 saturated carbocycles. The molecule has 0 amide bonds. The van der Waals surface area contributed by atoms with Crippen LogP contribution in [-0.2, 0) is 4.74 Å². The Bertz CT molecular complexity index is 481. The molecule has 0 bridgehead atoms. The number of nitrogens with one attached hydrogen (secondary N) is 1. The summed E-state index contributed by atoms with van der Waals surface area (Å²) >= 11 is 0. The average molecular weight is 291 g/mol. The molecule has 3 atom stereocenters. The van der Waals surface area contributed by atoms with E-state index < -0.39 is 0 Å². The zero-order valence-corrected chi connectivity index (χ0v) is 13.1. The van der Waals surface area contributed by atoms with Crippen molar-refractivity contribution < 1.29 is 14.2 Å². The smallest absolute Gasteiger partial charge is 0.127 e. The normalized spacial score (nSPS) is 32.1. The first-order chi connectivity index (χ1) is 10.2. The average Bonchev–Trinajstić information content (AvgIpc) is 2.46. The van der Waals surface area contributed by atoms with Crippen LogP contribution in [0.1, 0.15) is 44.7 Å². The van der Waals surface area contributed by atoms with Gasteiger partial charge in [0.2, 0.25) is 0 Å². The molecule has 1 aromatic carbocycles. The van der Waals surface area contributed by atoms with Gasteiger partial charge in [0, 0.05) is 30.1 Å². The highest BCUT2D eigenvalue weighted by Gasteiger charge is 2.29. The number of methoxy groups -OCH3 is 1. The highest BCUT2D eigenvalue weighted by atomic mass is 16.5. The summed E-state index contributed by atoms with van der Waals surface area (Å²) in [4.78, 5) is 0. The largest absolute Gasteiger partial charge is 0.497 e. The van der Waals surface area contributed by atoms with E-state index in [1.54, 1.807) is 7.11 Å². The summed E-state index contributed by atoms with van der Waals surface area (Å²) in [6.07, 6.45) is 3.84. The molecular weight excluding hydrogens is 266 g/mol. The van der Waals surface area contributed by atoms with Gasteiger partial charge in [-0.25, -0.2) is 0 Å². The van der Waals surface area contributed by atoms with E-state index >= 15 is 0 Å². The van der Waals surface area contributed by atoms with Crippen molar-refractivity contribution in [1.82, 2.24) is 5.32 Å². The van der Waals surface area contributed by atoms with Crippen molar-refractivity contribution in [1.29, 1.82) is 0 Å². The molecule has 4 heteroatoms. The number of hydrogen-bond acceptors (Lipinski definition) is 4. The fourth-order valence-corrected chi connectivity index (χ4v) is 3.50. The van der Waals surface area contributed by atoms with Crippen LogP contribution < -0.4 is 14.8 Å². The van der Waals surface area contributed by atoms with Gasteiger partial charge in [-0.1, -0.05) is 6.07 Å². The third-order valence-corrected chi connectivity index (χ3v) is 4.39. The zero-order valence-electron chi connectivity index (χ0n) is 13.1. The van der Waals surface area contributed by atoms with Gasteiger partial charge in [0.05, 0.1) is 25.9 Å². The topological polar surface area (TPSA) is 39.7 Å². The molecular formula is C17H25NO3. The van der Waals surface area contributed by atoms with Crippen LogP contribution in [0, 0.1) is 0 Å². The zero-order chi connectivity index (χ0) is 14.8. The summed E-state index contributed by atoms with van der Waals surface area (Å²) in [5.74, 6) is 1.80. The molecule has 0 aliphatic carbocycles. The molecule has 21 heavy (non-hydrogen) atoms. The van der Waals surface area contributed by atoms with E-state index in [2.05, 4.69) is 25.2 Å². The molecule has 0 unspecified atom stereocenters. The molecule has 116 valence electrons. The van der Waals surface area contributed by atoms with Crippen molar-refractivity contribution in [2.45, 2.75) is 57.4 Å². The van der Waals surface area contributed by atoms with Crippen LogP contribution in [0.3, 0.4) is 0 Å². The third-order valence-electron chi connectivity index (χ3n) is 4.39. The molecule has 0 radical (unpaired) electrons. The Kier molecular flexibility index (Phi) is 4.36. The van der Waals surface area contributed by atoms with Crippen LogP contribution in [0.25, 0.3) is 0 Å². The van der Waals surface area contributed by atoms with Gasteiger partial charge in [0.25, 0.3) is 0 Å². The Labute approximate surface area is 126 Å². The predicted molar refractivity (Wildman–Crippen MR) is 82.0 cm³/mol. The third kappa shape index (κ3) is 3.33. The Morgan fingerprint density at radius 1 is 1.19 bits per heavy atom. The van der Waals surface area contributed by atoms with E-state index in [1.807, 2.05) is 12.1 Å². The molecule has 4 nitrogen and oxygen atoms in total. The lowest BCUT2D eigenvalue weighted by Crippen LogP contribution is -2.43. The van der Waals surface area contributed by atoms with Gasteiger partial charge < -0.3 is 19.5 Å². The van der Waals surface area contributed by atoms with Gasteiger partial charge in [-0.15, -0.1) is 0 Å². The number of fused-ring (bicyclic) bond motifs is 1. The summed E-state index contributed by atoms with van der Waals surface area (Å²) in [6.45, 7) is 5.08. The second kappa shape index (κ2) is 6.24. The monoisotopic (exact) mass is 291 g/mol. The molecule has 2 aliphatic heterocycles. The van der Waals surface area contributed by atoms with Crippen LogP contribution in [0.2, 0.25) is 0 Å². The number of hydrogen-bond donors (Lipinski definition) is 1. The first kappa shape index (κ1) is 14.7.